The average molecular weight is 425 g/mol. The van der Waals surface area contributed by atoms with E-state index < -0.39 is 40.4 Å². The Bertz CT molecular complexity index is 1480. The van der Waals surface area contributed by atoms with E-state index in [-0.39, 0.29) is 22.5 Å². The normalized spacial score (nSPS) is 16.7. The first-order chi connectivity index (χ1) is 14.7. The third-order valence-corrected chi connectivity index (χ3v) is 5.85. The van der Waals surface area contributed by atoms with Crippen molar-refractivity contribution in [2.45, 2.75) is 5.92 Å². The van der Waals surface area contributed by atoms with Crippen molar-refractivity contribution in [1.82, 2.24) is 9.13 Å². The summed E-state index contributed by atoms with van der Waals surface area (Å²) < 4.78 is 44.7. The molecular weight excluding hydrogens is 411 g/mol. The van der Waals surface area contributed by atoms with Crippen molar-refractivity contribution in [3.8, 4) is 0 Å². The number of anilines is 1. The highest BCUT2D eigenvalue weighted by atomic mass is 19.2. The summed E-state index contributed by atoms with van der Waals surface area (Å²) in [6, 6.07) is 8.37. The summed E-state index contributed by atoms with van der Waals surface area (Å²) in [6.07, 6.45) is 0. The minimum Gasteiger partial charge on any atom is -0.340 e. The summed E-state index contributed by atoms with van der Waals surface area (Å²) in [6.45, 7) is 0. The summed E-state index contributed by atoms with van der Waals surface area (Å²) in [5.74, 6) is -6.33. The quantitative estimate of drug-likeness (QED) is 0.609. The van der Waals surface area contributed by atoms with E-state index >= 15 is 0 Å². The number of hydrogen-bond donors (Lipinski definition) is 1. The molecule has 2 aromatic carbocycles. The van der Waals surface area contributed by atoms with E-state index in [9.17, 15) is 27.6 Å². The molecule has 1 atom stereocenters. The zero-order valence-corrected chi connectivity index (χ0v) is 16.3. The molecule has 6 nitrogen and oxygen atoms in total. The number of carbonyl (C=O) groups is 1. The molecule has 0 amide bonds. The number of halogens is 3. The molecule has 1 aliphatic heterocycles. The van der Waals surface area contributed by atoms with E-state index in [2.05, 4.69) is 5.32 Å². The molecule has 3 aromatic rings. The van der Waals surface area contributed by atoms with Crippen LogP contribution in [0.1, 0.15) is 33.0 Å². The number of aromatic nitrogens is 2. The maximum atomic E-state index is 14.9. The van der Waals surface area contributed by atoms with Gasteiger partial charge in [0.05, 0.1) is 17.2 Å². The predicted molar refractivity (Wildman–Crippen MR) is 106 cm³/mol. The largest absolute Gasteiger partial charge is 0.340 e. The van der Waals surface area contributed by atoms with Gasteiger partial charge in [-0.15, -0.1) is 0 Å². The van der Waals surface area contributed by atoms with Gasteiger partial charge < -0.3 is 5.32 Å². The molecule has 31 heavy (non-hydrogen) atoms. The molecule has 9 heteroatoms. The zero-order valence-electron chi connectivity index (χ0n) is 16.3. The summed E-state index contributed by atoms with van der Waals surface area (Å²) in [4.78, 5) is 38.8. The van der Waals surface area contributed by atoms with Crippen molar-refractivity contribution in [3.63, 3.8) is 0 Å². The van der Waals surface area contributed by atoms with E-state index in [1.54, 1.807) is 24.3 Å². The van der Waals surface area contributed by atoms with E-state index in [0.29, 0.717) is 16.8 Å². The lowest BCUT2D eigenvalue weighted by Gasteiger charge is -2.29. The third-order valence-electron chi connectivity index (χ3n) is 5.85. The molecule has 1 unspecified atom stereocenters. The standard InChI is InChI=1S/C22H14F3N3O3/c1-27-20-15(21(30)28(2)22(27)31)13(11-7-8-12(23)17(25)16(11)24)14-18(26-20)9-5-3-4-6-10(9)19(14)29/h3-8,13,26H,1-2H3. The lowest BCUT2D eigenvalue weighted by Crippen LogP contribution is -2.43. The lowest BCUT2D eigenvalue weighted by molar-refractivity contribution is 0.103. The van der Waals surface area contributed by atoms with Crippen LogP contribution in [0.4, 0.5) is 19.0 Å². The molecule has 2 aliphatic rings. The van der Waals surface area contributed by atoms with Crippen molar-refractivity contribution in [2.24, 2.45) is 14.1 Å². The number of ketones is 1. The van der Waals surface area contributed by atoms with Crippen LogP contribution in [0.25, 0.3) is 5.70 Å². The molecule has 0 bridgehead atoms. The Morgan fingerprint density at radius 1 is 0.871 bits per heavy atom. The maximum Gasteiger partial charge on any atom is 0.332 e. The number of allylic oxidation sites excluding steroid dienone is 1. The topological polar surface area (TPSA) is 73.1 Å². The van der Waals surface area contributed by atoms with Crippen LogP contribution in [0.2, 0.25) is 0 Å². The highest BCUT2D eigenvalue weighted by molar-refractivity contribution is 6.23. The molecule has 1 aliphatic carbocycles. The van der Waals surface area contributed by atoms with Gasteiger partial charge in [0.15, 0.2) is 23.2 Å². The van der Waals surface area contributed by atoms with Gasteiger partial charge in [-0.3, -0.25) is 18.7 Å². The molecule has 0 saturated carbocycles. The Kier molecular flexibility index (Phi) is 3.89. The van der Waals surface area contributed by atoms with Gasteiger partial charge in [0, 0.05) is 36.4 Å². The van der Waals surface area contributed by atoms with Gasteiger partial charge in [-0.05, 0) is 6.07 Å². The Balaban J connectivity index is 1.93. The van der Waals surface area contributed by atoms with Crippen molar-refractivity contribution >= 4 is 17.3 Å². The van der Waals surface area contributed by atoms with Crippen molar-refractivity contribution in [2.75, 3.05) is 5.32 Å². The molecule has 0 fully saturated rings. The van der Waals surface area contributed by atoms with Crippen LogP contribution in [0.5, 0.6) is 0 Å². The van der Waals surface area contributed by atoms with Crippen LogP contribution in [0.3, 0.4) is 0 Å². The highest BCUT2D eigenvalue weighted by Gasteiger charge is 2.44. The van der Waals surface area contributed by atoms with Crippen LogP contribution in [-0.2, 0) is 14.1 Å². The monoisotopic (exact) mass is 425 g/mol. The Morgan fingerprint density at radius 3 is 2.26 bits per heavy atom. The molecule has 0 spiro atoms. The minimum atomic E-state index is -1.70. The van der Waals surface area contributed by atoms with Gasteiger partial charge in [-0.25, -0.2) is 18.0 Å². The maximum absolute atomic E-state index is 14.9. The second-order valence-electron chi connectivity index (χ2n) is 7.45. The van der Waals surface area contributed by atoms with Gasteiger partial charge in [-0.2, -0.15) is 0 Å². The van der Waals surface area contributed by atoms with Gasteiger partial charge >= 0.3 is 5.69 Å². The van der Waals surface area contributed by atoms with Crippen LogP contribution in [0, 0.1) is 17.5 Å². The van der Waals surface area contributed by atoms with Crippen molar-refractivity contribution in [1.29, 1.82) is 0 Å². The van der Waals surface area contributed by atoms with Crippen molar-refractivity contribution in [3.05, 3.63) is 103 Å². The number of fused-ring (bicyclic) bond motifs is 3. The number of rotatable bonds is 1. The number of nitrogens with one attached hydrogen (secondary N) is 1. The fourth-order valence-corrected chi connectivity index (χ4v) is 4.33. The van der Waals surface area contributed by atoms with Crippen LogP contribution in [-0.4, -0.2) is 14.9 Å². The van der Waals surface area contributed by atoms with E-state index in [4.69, 9.17) is 0 Å². The number of Topliss-reactive ketones (excluding diaryl/α,β-unsaturated/α-hetero) is 1. The Labute approximate surface area is 172 Å². The first kappa shape index (κ1) is 19.1. The Morgan fingerprint density at radius 2 is 1.55 bits per heavy atom. The number of nitrogens with zero attached hydrogens (tertiary/aromatic N) is 2. The fraction of sp³-hybridized carbons (Fsp3) is 0.136. The molecule has 0 radical (unpaired) electrons. The zero-order chi connectivity index (χ0) is 22.2. The molecule has 1 N–H and O–H groups in total. The van der Waals surface area contributed by atoms with Gasteiger partial charge in [0.25, 0.3) is 5.56 Å². The third kappa shape index (κ3) is 2.37. The fourth-order valence-electron chi connectivity index (χ4n) is 4.33. The van der Waals surface area contributed by atoms with Crippen LogP contribution < -0.4 is 16.6 Å². The average Bonchev–Trinajstić information content (AvgIpc) is 3.06. The molecule has 2 heterocycles. The first-order valence-electron chi connectivity index (χ1n) is 9.32. The lowest BCUT2D eigenvalue weighted by atomic mass is 9.81. The van der Waals surface area contributed by atoms with Crippen molar-refractivity contribution < 1.29 is 18.0 Å². The molecule has 0 saturated heterocycles. The summed E-state index contributed by atoms with van der Waals surface area (Å²) >= 11 is 0. The minimum absolute atomic E-state index is 0.0364. The van der Waals surface area contributed by atoms with Gasteiger partial charge in [0.1, 0.15) is 5.82 Å². The predicted octanol–water partition coefficient (Wildman–Crippen LogP) is 2.67. The van der Waals surface area contributed by atoms with Crippen LogP contribution >= 0.6 is 0 Å². The first-order valence-corrected chi connectivity index (χ1v) is 9.32. The summed E-state index contributed by atoms with van der Waals surface area (Å²) in [7, 11) is 2.67. The summed E-state index contributed by atoms with van der Waals surface area (Å²) in [5, 5.41) is 2.99. The SMILES string of the molecule is Cn1c2c(c(=O)n(C)c1=O)C(c1ccc(F)c(F)c1F)C1=C(N2)c2ccccc2C1=O. The number of hydrogen-bond acceptors (Lipinski definition) is 4. The van der Waals surface area contributed by atoms with Gasteiger partial charge in [0.2, 0.25) is 0 Å². The Hall–Kier alpha value is -3.88. The second-order valence-corrected chi connectivity index (χ2v) is 7.45. The number of benzene rings is 2. The second kappa shape index (κ2) is 6.31. The highest BCUT2D eigenvalue weighted by Crippen LogP contribution is 2.48. The summed E-state index contributed by atoms with van der Waals surface area (Å²) in [5.41, 5.74) is -0.713. The molecule has 5 rings (SSSR count). The van der Waals surface area contributed by atoms with Crippen LogP contribution in [0.15, 0.2) is 51.6 Å². The smallest absolute Gasteiger partial charge is 0.332 e. The van der Waals surface area contributed by atoms with Gasteiger partial charge in [-0.1, -0.05) is 30.3 Å². The molecule has 1 aromatic heterocycles. The molecular formula is C22H14F3N3O3. The van der Waals surface area contributed by atoms with E-state index in [1.165, 1.54) is 14.1 Å². The molecule has 156 valence electrons. The number of carbonyl (C=O) groups excluding carboxylic acids is 1. The van der Waals surface area contributed by atoms with E-state index in [0.717, 1.165) is 21.3 Å². The van der Waals surface area contributed by atoms with E-state index in [1.807, 2.05) is 0 Å².